The third-order valence-corrected chi connectivity index (χ3v) is 4.36. The van der Waals surface area contributed by atoms with Gasteiger partial charge in [-0.25, -0.2) is 4.79 Å². The first kappa shape index (κ1) is 17.2. The molecule has 1 aliphatic rings. The van der Waals surface area contributed by atoms with Crippen molar-refractivity contribution in [3.8, 4) is 0 Å². The first-order chi connectivity index (χ1) is 11.0. The first-order valence-corrected chi connectivity index (χ1v) is 8.01. The number of rotatable bonds is 3. The molecule has 0 bridgehead atoms. The van der Waals surface area contributed by atoms with Gasteiger partial charge in [0.15, 0.2) is 5.11 Å². The Hall–Kier alpha value is -2.15. The molecule has 0 radical (unpaired) electrons. The van der Waals surface area contributed by atoms with Crippen molar-refractivity contribution >= 4 is 29.3 Å². The van der Waals surface area contributed by atoms with Crippen molar-refractivity contribution in [3.63, 3.8) is 0 Å². The zero-order chi connectivity index (χ0) is 16.8. The smallest absolute Gasteiger partial charge is 0.407 e. The van der Waals surface area contributed by atoms with Crippen molar-refractivity contribution in [1.29, 1.82) is 0 Å². The summed E-state index contributed by atoms with van der Waals surface area (Å²) in [5.41, 5.74) is 0.559. The molecule has 0 aromatic heterocycles. The Bertz CT molecular complexity index is 571. The van der Waals surface area contributed by atoms with Crippen molar-refractivity contribution in [2.75, 3.05) is 7.05 Å². The summed E-state index contributed by atoms with van der Waals surface area (Å²) in [4.78, 5) is 24.3. The summed E-state index contributed by atoms with van der Waals surface area (Å²) in [6.45, 7) is 0. The number of carbonyl (C=O) groups excluding carboxylic acids is 1. The van der Waals surface area contributed by atoms with E-state index in [0.29, 0.717) is 10.7 Å². The average molecular weight is 335 g/mol. The van der Waals surface area contributed by atoms with Crippen molar-refractivity contribution < 1.29 is 14.7 Å². The summed E-state index contributed by atoms with van der Waals surface area (Å²) in [6.07, 6.45) is 2.32. The lowest BCUT2D eigenvalue weighted by Crippen LogP contribution is -2.48. The third-order valence-electron chi connectivity index (χ3n) is 4.14. The van der Waals surface area contributed by atoms with Crippen LogP contribution in [-0.2, 0) is 0 Å². The lowest BCUT2D eigenvalue weighted by molar-refractivity contribution is 0.0975. The van der Waals surface area contributed by atoms with Crippen LogP contribution in [0, 0.1) is 0 Å². The number of nitrogens with one attached hydrogen (secondary N) is 2. The highest BCUT2D eigenvalue weighted by atomic mass is 32.1. The number of hydrogen-bond acceptors (Lipinski definition) is 3. The molecule has 1 aliphatic carbocycles. The van der Waals surface area contributed by atoms with Gasteiger partial charge in [-0.1, -0.05) is 18.2 Å². The predicted molar refractivity (Wildman–Crippen MR) is 91.5 cm³/mol. The summed E-state index contributed by atoms with van der Waals surface area (Å²) >= 11 is 5.19. The molecule has 0 atom stereocenters. The highest BCUT2D eigenvalue weighted by molar-refractivity contribution is 7.80. The van der Waals surface area contributed by atoms with E-state index in [4.69, 9.17) is 17.3 Å². The van der Waals surface area contributed by atoms with E-state index in [2.05, 4.69) is 10.6 Å². The van der Waals surface area contributed by atoms with Crippen LogP contribution in [0.3, 0.4) is 0 Å². The second-order valence-electron chi connectivity index (χ2n) is 5.69. The Morgan fingerprint density at radius 2 is 1.78 bits per heavy atom. The highest BCUT2D eigenvalue weighted by Gasteiger charge is 2.26. The number of thiocarbonyl (C=S) groups is 1. The number of hydrogen-bond donors (Lipinski definition) is 3. The number of amides is 2. The molecule has 0 spiro atoms. The molecular formula is C16H21N3O3S. The van der Waals surface area contributed by atoms with Gasteiger partial charge in [-0.2, -0.15) is 0 Å². The lowest BCUT2D eigenvalue weighted by Gasteiger charge is -2.33. The molecule has 0 saturated heterocycles. The average Bonchev–Trinajstić information content (AvgIpc) is 2.55. The summed E-state index contributed by atoms with van der Waals surface area (Å²) < 4.78 is 0. The Labute approximate surface area is 140 Å². The molecule has 1 saturated carbocycles. The highest BCUT2D eigenvalue weighted by Crippen LogP contribution is 2.22. The minimum absolute atomic E-state index is 0.0537. The normalized spacial score (nSPS) is 20.4. The maximum absolute atomic E-state index is 12.0. The fraction of sp³-hybridized carbons (Fsp3) is 0.438. The Kier molecular flexibility index (Phi) is 5.92. The van der Waals surface area contributed by atoms with Crippen molar-refractivity contribution in [1.82, 2.24) is 15.5 Å². The van der Waals surface area contributed by atoms with Crippen molar-refractivity contribution in [2.24, 2.45) is 0 Å². The van der Waals surface area contributed by atoms with Crippen molar-refractivity contribution in [3.05, 3.63) is 35.9 Å². The molecule has 3 N–H and O–H groups in total. The molecule has 0 heterocycles. The molecule has 0 unspecified atom stereocenters. The molecule has 1 fully saturated rings. The topological polar surface area (TPSA) is 81.7 Å². The second kappa shape index (κ2) is 7.92. The van der Waals surface area contributed by atoms with E-state index in [0.717, 1.165) is 25.7 Å². The molecule has 23 heavy (non-hydrogen) atoms. The van der Waals surface area contributed by atoms with Gasteiger partial charge in [-0.15, -0.1) is 0 Å². The van der Waals surface area contributed by atoms with E-state index in [1.165, 1.54) is 4.90 Å². The molecule has 7 heteroatoms. The SMILES string of the molecule is CN(C(=O)O)C1CCC(NC(=S)NC(=O)c2ccccc2)CC1. The van der Waals surface area contributed by atoms with E-state index in [9.17, 15) is 9.59 Å². The van der Waals surface area contributed by atoms with Gasteiger partial charge in [-0.3, -0.25) is 10.1 Å². The van der Waals surface area contributed by atoms with Crippen LogP contribution < -0.4 is 10.6 Å². The van der Waals surface area contributed by atoms with Gasteiger partial charge in [0, 0.05) is 24.7 Å². The minimum Gasteiger partial charge on any atom is -0.465 e. The molecule has 0 aliphatic heterocycles. The monoisotopic (exact) mass is 335 g/mol. The van der Waals surface area contributed by atoms with E-state index >= 15 is 0 Å². The van der Waals surface area contributed by atoms with E-state index in [1.807, 2.05) is 6.07 Å². The van der Waals surface area contributed by atoms with E-state index in [-0.39, 0.29) is 18.0 Å². The fourth-order valence-electron chi connectivity index (χ4n) is 2.75. The van der Waals surface area contributed by atoms with Gasteiger partial charge in [0.05, 0.1) is 0 Å². The Morgan fingerprint density at radius 1 is 1.17 bits per heavy atom. The third kappa shape index (κ3) is 4.92. The number of nitrogens with zero attached hydrogens (tertiary/aromatic N) is 1. The zero-order valence-electron chi connectivity index (χ0n) is 13.0. The van der Waals surface area contributed by atoms with Gasteiger partial charge >= 0.3 is 6.09 Å². The summed E-state index contributed by atoms with van der Waals surface area (Å²) in [7, 11) is 1.60. The van der Waals surface area contributed by atoms with Gasteiger partial charge in [0.25, 0.3) is 5.91 Å². The van der Waals surface area contributed by atoms with Crippen LogP contribution in [0.15, 0.2) is 30.3 Å². The number of carboxylic acid groups (broad SMARTS) is 1. The predicted octanol–water partition coefficient (Wildman–Crippen LogP) is 2.21. The largest absolute Gasteiger partial charge is 0.465 e. The van der Waals surface area contributed by atoms with Crippen LogP contribution in [0.2, 0.25) is 0 Å². The number of benzene rings is 1. The molecule has 1 aromatic rings. The van der Waals surface area contributed by atoms with E-state index < -0.39 is 6.09 Å². The standard InChI is InChI=1S/C16H21N3O3S/c1-19(16(21)22)13-9-7-12(8-10-13)17-15(23)18-14(20)11-5-3-2-4-6-11/h2-6,12-13H,7-10H2,1H3,(H,21,22)(H2,17,18,20,23). The molecule has 2 rings (SSSR count). The van der Waals surface area contributed by atoms with E-state index in [1.54, 1.807) is 31.3 Å². The molecule has 1 aromatic carbocycles. The quantitative estimate of drug-likeness (QED) is 0.738. The van der Waals surface area contributed by atoms with Crippen molar-refractivity contribution in [2.45, 2.75) is 37.8 Å². The maximum Gasteiger partial charge on any atom is 0.407 e. The Morgan fingerprint density at radius 3 is 2.35 bits per heavy atom. The van der Waals surface area contributed by atoms with Crippen LogP contribution in [0.25, 0.3) is 0 Å². The first-order valence-electron chi connectivity index (χ1n) is 7.60. The van der Waals surface area contributed by atoms with Gasteiger partial charge in [0.2, 0.25) is 0 Å². The van der Waals surface area contributed by atoms with Gasteiger partial charge in [0.1, 0.15) is 0 Å². The van der Waals surface area contributed by atoms with Crippen LogP contribution >= 0.6 is 12.2 Å². The molecular weight excluding hydrogens is 314 g/mol. The fourth-order valence-corrected chi connectivity index (χ4v) is 3.01. The van der Waals surface area contributed by atoms with Gasteiger partial charge in [-0.05, 0) is 50.0 Å². The van der Waals surface area contributed by atoms with Gasteiger partial charge < -0.3 is 15.3 Å². The van der Waals surface area contributed by atoms with Crippen LogP contribution in [0.4, 0.5) is 4.79 Å². The maximum atomic E-state index is 12.0. The summed E-state index contributed by atoms with van der Waals surface area (Å²) in [5, 5.41) is 15.1. The zero-order valence-corrected chi connectivity index (χ0v) is 13.8. The second-order valence-corrected chi connectivity index (χ2v) is 6.10. The molecule has 124 valence electrons. The van der Waals surface area contributed by atoms with Crippen LogP contribution in [0.1, 0.15) is 36.0 Å². The summed E-state index contributed by atoms with van der Waals surface area (Å²) in [6, 6.07) is 9.11. The molecule has 2 amide bonds. The lowest BCUT2D eigenvalue weighted by atomic mass is 9.90. The van der Waals surface area contributed by atoms with Crippen LogP contribution in [-0.4, -0.2) is 46.3 Å². The minimum atomic E-state index is -0.896. The Balaban J connectivity index is 1.77. The summed E-state index contributed by atoms with van der Waals surface area (Å²) in [5.74, 6) is -0.234. The molecule has 6 nitrogen and oxygen atoms in total. The number of carbonyl (C=O) groups is 2. The van der Waals surface area contributed by atoms with Crippen LogP contribution in [0.5, 0.6) is 0 Å².